The second-order valence-electron chi connectivity index (χ2n) is 25.5. The van der Waals surface area contributed by atoms with Crippen LogP contribution in [0.15, 0.2) is 122 Å². The number of carbonyl (C=O) groups is 8. The number of esters is 2. The lowest BCUT2D eigenvalue weighted by molar-refractivity contribution is -0.154. The standard InChI is InChI=1S/C35H41Cl3N6O6.C18H24Cl3N5O4.C17H19NO3.CH4/c1-21(31(47)44-14-6-8-28(43-44)32(48)50-20-35(36,37)38)41-30(46)29(15-23-7-5-13-39-18-23)42-33(49)34(3,4)12-11-27-17-26-16-24(22(2)45)9-10-25(26)19-40-27;1-11(24-15(27)13(22)8-12-4-2-6-23-9-12)16(28)26-7-3-5-14(25-26)17(29)30-10-18(19,20)21;1-11(19)12-4-5-13-10-18-15(9-14(13)8-12)6-7-17(2,3)16(20)21;/h5,7,9-13,16-19,21-22,28-29,43,45H,6,8,14-15,20H2,1-4H3,(H,41,46)(H,42,49);2,4,6,9,11,13-14,25H,3,5,7-8,10,22H2,1H3,(H,24,27);4-11,19H,1-3H3,(H,20,21);1H4/b12-11+;;7-6+;/t21-,22+,28-,29-;11-,13-,14-;11-;/m001./s1. The van der Waals surface area contributed by atoms with Crippen LogP contribution in [-0.4, -0.2) is 163 Å². The van der Waals surface area contributed by atoms with Gasteiger partial charge < -0.3 is 46.5 Å². The first-order chi connectivity index (χ1) is 47.4. The molecular weight excluding hydrogens is 1440 g/mol. The lowest BCUT2D eigenvalue weighted by atomic mass is 9.90. The van der Waals surface area contributed by atoms with Crippen molar-refractivity contribution in [1.82, 2.24) is 56.8 Å². The zero-order valence-corrected chi connectivity index (χ0v) is 61.4. The van der Waals surface area contributed by atoms with Gasteiger partial charge in [-0.15, -0.1) is 0 Å². The number of ether oxygens (including phenoxy) is 2. The SMILES string of the molecule is C.C[C@@H](O)c1ccc2cnc(/C=C/C(C)(C)C(=O)O)cc2c1.C[C@H](NC(=O)[C@@H](N)Cc1cccnc1)C(=O)N1CCC[C@@H](C(=O)OCC(Cl)(Cl)Cl)N1.C[C@H](NC(=O)[C@H](Cc1cccnc1)NC(=O)C(C)(C)/C=C/c1cc2cc([C@@H](C)O)ccc2cn1)C(=O)N1CCC[C@@H](C(=O)OCC(Cl)(Cl)Cl)N1. The molecule has 5 amide bonds. The number of pyridine rings is 4. The Morgan fingerprint density at radius 2 is 1.02 bits per heavy atom. The van der Waals surface area contributed by atoms with Crippen LogP contribution in [0, 0.1) is 10.8 Å². The molecule has 0 spiro atoms. The molecule has 8 atom stereocenters. The quantitative estimate of drug-likeness (QED) is 0.0213. The number of aliphatic hydroxyl groups excluding tert-OH is 2. The molecule has 0 saturated carbocycles. The number of aromatic nitrogens is 4. The Labute approximate surface area is 622 Å². The largest absolute Gasteiger partial charge is 0.481 e. The van der Waals surface area contributed by atoms with Gasteiger partial charge >= 0.3 is 17.9 Å². The van der Waals surface area contributed by atoms with Gasteiger partial charge in [-0.1, -0.05) is 126 Å². The van der Waals surface area contributed by atoms with Gasteiger partial charge in [0.15, 0.2) is 0 Å². The predicted molar refractivity (Wildman–Crippen MR) is 394 cm³/mol. The van der Waals surface area contributed by atoms with Crippen molar-refractivity contribution < 1.29 is 63.1 Å². The minimum Gasteiger partial charge on any atom is -0.481 e. The number of fused-ring (bicyclic) bond motifs is 2. The van der Waals surface area contributed by atoms with E-state index in [0.29, 0.717) is 55.6 Å². The highest BCUT2D eigenvalue weighted by molar-refractivity contribution is 6.68. The van der Waals surface area contributed by atoms with Crippen molar-refractivity contribution in [1.29, 1.82) is 0 Å². The van der Waals surface area contributed by atoms with E-state index >= 15 is 0 Å². The molecule has 2 aromatic carbocycles. The molecular formula is C71H88Cl6N12O13. The normalized spacial score (nSPS) is 16.8. The summed E-state index contributed by atoms with van der Waals surface area (Å²) in [5.74, 6) is -4.55. The Hall–Kier alpha value is -7.66. The van der Waals surface area contributed by atoms with Crippen LogP contribution < -0.4 is 32.5 Å². The van der Waals surface area contributed by atoms with E-state index in [1.165, 1.54) is 16.9 Å². The molecule has 4 aromatic heterocycles. The minimum atomic E-state index is -1.77. The molecule has 0 aliphatic carbocycles. The highest BCUT2D eigenvalue weighted by atomic mass is 35.6. The fraction of sp³-hybridized carbons (Fsp3) is 0.437. The summed E-state index contributed by atoms with van der Waals surface area (Å²) in [5.41, 5.74) is 14.0. The lowest BCUT2D eigenvalue weighted by Crippen LogP contribution is -2.61. The first-order valence-electron chi connectivity index (χ1n) is 32.2. The molecule has 6 aromatic rings. The van der Waals surface area contributed by atoms with Crippen molar-refractivity contribution in [3.8, 4) is 0 Å². The van der Waals surface area contributed by atoms with Crippen LogP contribution in [0.25, 0.3) is 33.7 Å². The van der Waals surface area contributed by atoms with Crippen molar-refractivity contribution in [3.05, 3.63) is 156 Å². The number of nitrogens with two attached hydrogens (primary N) is 1. The molecule has 0 radical (unpaired) electrons. The van der Waals surface area contributed by atoms with Gasteiger partial charge in [0.05, 0.1) is 40.5 Å². The number of halogens is 6. The van der Waals surface area contributed by atoms with Gasteiger partial charge in [0.25, 0.3) is 11.8 Å². The van der Waals surface area contributed by atoms with Crippen molar-refractivity contribution in [2.75, 3.05) is 26.3 Å². The highest BCUT2D eigenvalue weighted by Crippen LogP contribution is 2.29. The number of aliphatic carboxylic acids is 1. The fourth-order valence-electron chi connectivity index (χ4n) is 9.93. The van der Waals surface area contributed by atoms with E-state index in [2.05, 4.69) is 46.7 Å². The molecule has 6 heterocycles. The average Bonchev–Trinajstić information content (AvgIpc) is 0.824. The van der Waals surface area contributed by atoms with Crippen LogP contribution in [-0.2, 0) is 60.7 Å². The molecule has 102 heavy (non-hydrogen) atoms. The summed E-state index contributed by atoms with van der Waals surface area (Å²) < 4.78 is 6.53. The van der Waals surface area contributed by atoms with E-state index in [4.69, 9.17) is 89.9 Å². The Bertz CT molecular complexity index is 3920. The maximum Gasteiger partial charge on any atom is 0.325 e. The summed E-state index contributed by atoms with van der Waals surface area (Å²) in [6.07, 6.45) is 17.9. The molecule has 0 unspecified atom stereocenters. The molecule has 2 aliphatic heterocycles. The number of nitrogens with zero attached hydrogens (tertiary/aromatic N) is 6. The first-order valence-corrected chi connectivity index (χ1v) is 34.5. The maximum atomic E-state index is 13.6. The highest BCUT2D eigenvalue weighted by Gasteiger charge is 2.37. The number of aliphatic hydroxyl groups is 2. The van der Waals surface area contributed by atoms with Crippen LogP contribution in [0.3, 0.4) is 0 Å². The molecule has 552 valence electrons. The second kappa shape index (κ2) is 38.7. The van der Waals surface area contributed by atoms with E-state index < -0.39 is 128 Å². The smallest absolute Gasteiger partial charge is 0.325 e. The number of alkyl halides is 6. The van der Waals surface area contributed by atoms with Crippen LogP contribution in [0.4, 0.5) is 0 Å². The number of nitrogens with one attached hydrogen (secondary N) is 5. The van der Waals surface area contributed by atoms with Crippen molar-refractivity contribution in [2.24, 2.45) is 16.6 Å². The van der Waals surface area contributed by atoms with Gasteiger partial charge in [-0.2, -0.15) is 0 Å². The molecule has 31 heteroatoms. The van der Waals surface area contributed by atoms with E-state index in [1.807, 2.05) is 54.6 Å². The third kappa shape index (κ3) is 27.2. The van der Waals surface area contributed by atoms with Gasteiger partial charge in [-0.3, -0.25) is 68.3 Å². The molecule has 2 fully saturated rings. The van der Waals surface area contributed by atoms with E-state index in [0.717, 1.165) is 38.2 Å². The van der Waals surface area contributed by atoms with Gasteiger partial charge in [0, 0.05) is 67.5 Å². The zero-order chi connectivity index (χ0) is 74.6. The predicted octanol–water partition coefficient (Wildman–Crippen LogP) is 9.28. The van der Waals surface area contributed by atoms with Crippen LogP contribution in [0.2, 0.25) is 0 Å². The number of carbonyl (C=O) groups excluding carboxylic acids is 7. The van der Waals surface area contributed by atoms with Crippen molar-refractivity contribution in [2.45, 2.75) is 157 Å². The van der Waals surface area contributed by atoms with Crippen LogP contribution >= 0.6 is 69.6 Å². The fourth-order valence-corrected chi connectivity index (χ4v) is 10.3. The van der Waals surface area contributed by atoms with Crippen molar-refractivity contribution in [3.63, 3.8) is 0 Å². The van der Waals surface area contributed by atoms with E-state index in [-0.39, 0.29) is 20.4 Å². The Balaban J connectivity index is 0.000000304. The summed E-state index contributed by atoms with van der Waals surface area (Å²) in [6, 6.07) is 16.8. The molecule has 2 saturated heterocycles. The summed E-state index contributed by atoms with van der Waals surface area (Å²) >= 11 is 33.8. The number of rotatable bonds is 23. The number of carboxylic acids is 1. The topological polar surface area (TPSA) is 360 Å². The van der Waals surface area contributed by atoms with Gasteiger partial charge in [0.2, 0.25) is 25.3 Å². The Morgan fingerprint density at radius 3 is 1.42 bits per heavy atom. The lowest BCUT2D eigenvalue weighted by Gasteiger charge is -2.34. The molecule has 10 N–H and O–H groups in total. The third-order valence-electron chi connectivity index (χ3n) is 16.0. The maximum absolute atomic E-state index is 13.6. The summed E-state index contributed by atoms with van der Waals surface area (Å²) in [6.45, 7) is 13.0. The number of hydrogen-bond donors (Lipinski definition) is 9. The molecule has 2 aliphatic rings. The number of carboxylic acid groups (broad SMARTS) is 1. The summed E-state index contributed by atoms with van der Waals surface area (Å²) in [4.78, 5) is 118. The number of benzene rings is 2. The van der Waals surface area contributed by atoms with Gasteiger partial charge in [-0.05, 0) is 169 Å². The Morgan fingerprint density at radius 1 is 0.598 bits per heavy atom. The zero-order valence-electron chi connectivity index (χ0n) is 56.8. The Kier molecular flexibility index (Phi) is 32.3. The number of hydrogen-bond acceptors (Lipinski definition) is 19. The number of amides is 5. The molecule has 8 rings (SSSR count). The van der Waals surface area contributed by atoms with Crippen LogP contribution in [0.5, 0.6) is 0 Å². The minimum absolute atomic E-state index is 0. The monoisotopic (exact) mass is 1530 g/mol. The van der Waals surface area contributed by atoms with Gasteiger partial charge in [-0.25, -0.2) is 10.9 Å². The van der Waals surface area contributed by atoms with E-state index in [9.17, 15) is 48.6 Å². The molecule has 0 bridgehead atoms. The van der Waals surface area contributed by atoms with Gasteiger partial charge in [0.1, 0.15) is 43.4 Å². The summed E-state index contributed by atoms with van der Waals surface area (Å²) in [5, 5.41) is 43.1. The molecule has 25 nitrogen and oxygen atoms in total. The third-order valence-corrected chi connectivity index (χ3v) is 16.6. The van der Waals surface area contributed by atoms with Crippen LogP contribution in [0.1, 0.15) is 134 Å². The average molecular weight is 1530 g/mol. The summed E-state index contributed by atoms with van der Waals surface area (Å²) in [7, 11) is 0. The van der Waals surface area contributed by atoms with Crippen molar-refractivity contribution >= 4 is 151 Å². The number of hydrazine groups is 2. The first kappa shape index (κ1) is 85.0. The van der Waals surface area contributed by atoms with E-state index in [1.54, 1.807) is 128 Å². The second-order valence-corrected chi connectivity index (χ2v) is 30.5.